The van der Waals surface area contributed by atoms with E-state index in [2.05, 4.69) is 44.4 Å². The van der Waals surface area contributed by atoms with Crippen molar-refractivity contribution in [3.05, 3.63) is 29.8 Å². The summed E-state index contributed by atoms with van der Waals surface area (Å²) in [6.07, 6.45) is 1.15. The van der Waals surface area contributed by atoms with Gasteiger partial charge in [-0.05, 0) is 36.5 Å². The predicted molar refractivity (Wildman–Crippen MR) is 81.2 cm³/mol. The average molecular weight is 262 g/mol. The van der Waals surface area contributed by atoms with Crippen molar-refractivity contribution in [3.63, 3.8) is 0 Å². The summed E-state index contributed by atoms with van der Waals surface area (Å²) < 4.78 is 0. The number of nitrogens with one attached hydrogen (secondary N) is 2. The van der Waals surface area contributed by atoms with E-state index in [0.717, 1.165) is 18.7 Å². The van der Waals surface area contributed by atoms with Crippen LogP contribution in [0.4, 0.5) is 5.69 Å². The molecule has 106 valence electrons. The maximum Gasteiger partial charge on any atom is 0.221 e. The maximum absolute atomic E-state index is 11.1. The van der Waals surface area contributed by atoms with Crippen molar-refractivity contribution in [2.24, 2.45) is 5.41 Å². The van der Waals surface area contributed by atoms with Crippen LogP contribution < -0.4 is 10.6 Å². The van der Waals surface area contributed by atoms with E-state index in [1.165, 1.54) is 12.5 Å². The van der Waals surface area contributed by atoms with E-state index in [4.69, 9.17) is 0 Å². The molecule has 0 aromatic heterocycles. The van der Waals surface area contributed by atoms with Gasteiger partial charge in [0.1, 0.15) is 0 Å². The first-order chi connectivity index (χ1) is 8.84. The monoisotopic (exact) mass is 262 g/mol. The van der Waals surface area contributed by atoms with E-state index >= 15 is 0 Å². The summed E-state index contributed by atoms with van der Waals surface area (Å²) in [4.78, 5) is 11.1. The lowest BCUT2D eigenvalue weighted by Gasteiger charge is -2.26. The Morgan fingerprint density at radius 1 is 1.37 bits per heavy atom. The summed E-state index contributed by atoms with van der Waals surface area (Å²) in [5.41, 5.74) is 2.36. The minimum atomic E-state index is -0.0371. The summed E-state index contributed by atoms with van der Waals surface area (Å²) in [6.45, 7) is 11.4. The Morgan fingerprint density at radius 3 is 2.63 bits per heavy atom. The Morgan fingerprint density at radius 2 is 2.05 bits per heavy atom. The second-order valence-corrected chi connectivity index (χ2v) is 5.93. The Balaban J connectivity index is 2.66. The van der Waals surface area contributed by atoms with Crippen molar-refractivity contribution in [1.29, 1.82) is 0 Å². The molecule has 0 aliphatic rings. The van der Waals surface area contributed by atoms with Gasteiger partial charge in [0.25, 0.3) is 0 Å². The highest BCUT2D eigenvalue weighted by Crippen LogP contribution is 2.22. The Bertz CT molecular complexity index is 427. The fourth-order valence-electron chi connectivity index (χ4n) is 1.76. The van der Waals surface area contributed by atoms with Gasteiger partial charge in [0.05, 0.1) is 0 Å². The summed E-state index contributed by atoms with van der Waals surface area (Å²) in [7, 11) is 0. The minimum Gasteiger partial charge on any atom is -0.326 e. The highest BCUT2D eigenvalue weighted by molar-refractivity contribution is 5.88. The molecule has 19 heavy (non-hydrogen) atoms. The first-order valence-corrected chi connectivity index (χ1v) is 6.95. The first kappa shape index (κ1) is 15.7. The summed E-state index contributed by atoms with van der Waals surface area (Å²) in [5, 5.41) is 6.37. The number of carbonyl (C=O) groups is 1. The van der Waals surface area contributed by atoms with Gasteiger partial charge in [0.2, 0.25) is 5.91 Å². The molecule has 0 spiro atoms. The quantitative estimate of drug-likeness (QED) is 0.820. The molecule has 0 aliphatic carbocycles. The SMILES string of the molecule is CCC(C)(C)CNC(C)c1cccc(NC(C)=O)c1. The van der Waals surface area contributed by atoms with Crippen molar-refractivity contribution in [2.75, 3.05) is 11.9 Å². The van der Waals surface area contributed by atoms with Crippen molar-refractivity contribution >= 4 is 11.6 Å². The van der Waals surface area contributed by atoms with E-state index in [1.807, 2.05) is 18.2 Å². The van der Waals surface area contributed by atoms with Gasteiger partial charge in [-0.1, -0.05) is 32.9 Å². The van der Waals surface area contributed by atoms with Gasteiger partial charge in [-0.15, -0.1) is 0 Å². The van der Waals surface area contributed by atoms with Crippen LogP contribution in [0.25, 0.3) is 0 Å². The molecule has 0 saturated heterocycles. The molecular formula is C16H26N2O. The van der Waals surface area contributed by atoms with Gasteiger partial charge in [0.15, 0.2) is 0 Å². The molecule has 2 N–H and O–H groups in total. The molecule has 0 aliphatic heterocycles. The molecule has 0 saturated carbocycles. The molecule has 0 fully saturated rings. The third-order valence-corrected chi connectivity index (χ3v) is 3.55. The van der Waals surface area contributed by atoms with Crippen molar-refractivity contribution in [1.82, 2.24) is 5.32 Å². The topological polar surface area (TPSA) is 41.1 Å². The van der Waals surface area contributed by atoms with Gasteiger partial charge in [-0.3, -0.25) is 4.79 Å². The lowest BCUT2D eigenvalue weighted by atomic mass is 9.90. The Labute approximate surface area is 116 Å². The van der Waals surface area contributed by atoms with Crippen LogP contribution in [0.3, 0.4) is 0 Å². The lowest BCUT2D eigenvalue weighted by molar-refractivity contribution is -0.114. The van der Waals surface area contributed by atoms with Crippen LogP contribution in [-0.4, -0.2) is 12.5 Å². The molecule has 0 heterocycles. The molecule has 1 rings (SSSR count). The number of anilines is 1. The van der Waals surface area contributed by atoms with Crippen molar-refractivity contribution in [2.45, 2.75) is 47.1 Å². The van der Waals surface area contributed by atoms with E-state index in [1.54, 1.807) is 0 Å². The third kappa shape index (κ3) is 5.43. The van der Waals surface area contributed by atoms with Crippen LogP contribution in [-0.2, 0) is 4.79 Å². The first-order valence-electron chi connectivity index (χ1n) is 6.95. The zero-order valence-corrected chi connectivity index (χ0v) is 12.7. The van der Waals surface area contributed by atoms with Crippen molar-refractivity contribution in [3.8, 4) is 0 Å². The van der Waals surface area contributed by atoms with Gasteiger partial charge >= 0.3 is 0 Å². The van der Waals surface area contributed by atoms with E-state index in [0.29, 0.717) is 5.41 Å². The van der Waals surface area contributed by atoms with Crippen LogP contribution in [0.15, 0.2) is 24.3 Å². The summed E-state index contributed by atoms with van der Waals surface area (Å²) in [5.74, 6) is -0.0371. The second kappa shape index (κ2) is 6.71. The number of hydrogen-bond donors (Lipinski definition) is 2. The van der Waals surface area contributed by atoms with Crippen LogP contribution in [0.5, 0.6) is 0 Å². The highest BCUT2D eigenvalue weighted by Gasteiger charge is 2.16. The zero-order chi connectivity index (χ0) is 14.5. The van der Waals surface area contributed by atoms with Gasteiger partial charge in [0, 0.05) is 25.2 Å². The number of rotatable bonds is 6. The second-order valence-electron chi connectivity index (χ2n) is 5.93. The van der Waals surface area contributed by atoms with Gasteiger partial charge < -0.3 is 10.6 Å². The number of hydrogen-bond acceptors (Lipinski definition) is 2. The molecular weight excluding hydrogens is 236 g/mol. The van der Waals surface area contributed by atoms with Crippen molar-refractivity contribution < 1.29 is 4.79 Å². The molecule has 1 atom stereocenters. The highest BCUT2D eigenvalue weighted by atomic mass is 16.1. The van der Waals surface area contributed by atoms with Gasteiger partial charge in [-0.25, -0.2) is 0 Å². The van der Waals surface area contributed by atoms with E-state index in [9.17, 15) is 4.79 Å². The predicted octanol–water partition coefficient (Wildman–Crippen LogP) is 3.73. The molecule has 1 amide bonds. The number of benzene rings is 1. The summed E-state index contributed by atoms with van der Waals surface area (Å²) in [6, 6.07) is 8.27. The molecule has 0 radical (unpaired) electrons. The molecule has 3 nitrogen and oxygen atoms in total. The molecule has 1 unspecified atom stereocenters. The fraction of sp³-hybridized carbons (Fsp3) is 0.562. The fourth-order valence-corrected chi connectivity index (χ4v) is 1.76. The van der Waals surface area contributed by atoms with Crippen LogP contribution >= 0.6 is 0 Å². The smallest absolute Gasteiger partial charge is 0.221 e. The van der Waals surface area contributed by atoms with E-state index in [-0.39, 0.29) is 11.9 Å². The van der Waals surface area contributed by atoms with Gasteiger partial charge in [-0.2, -0.15) is 0 Å². The molecule has 0 bridgehead atoms. The largest absolute Gasteiger partial charge is 0.326 e. The summed E-state index contributed by atoms with van der Waals surface area (Å²) >= 11 is 0. The Hall–Kier alpha value is -1.35. The molecule has 3 heteroatoms. The molecule has 1 aromatic rings. The number of amides is 1. The zero-order valence-electron chi connectivity index (χ0n) is 12.7. The third-order valence-electron chi connectivity index (χ3n) is 3.55. The Kier molecular flexibility index (Phi) is 5.55. The normalized spacial score (nSPS) is 13.1. The average Bonchev–Trinajstić information content (AvgIpc) is 2.35. The van der Waals surface area contributed by atoms with Crippen LogP contribution in [0.2, 0.25) is 0 Å². The standard InChI is InChI=1S/C16H26N2O/c1-6-16(4,5)11-17-12(2)14-8-7-9-15(10-14)18-13(3)19/h7-10,12,17H,6,11H2,1-5H3,(H,18,19). The minimum absolute atomic E-state index is 0.0371. The maximum atomic E-state index is 11.1. The number of carbonyl (C=O) groups excluding carboxylic acids is 1. The molecule has 1 aromatic carbocycles. The van der Waals surface area contributed by atoms with Crippen LogP contribution in [0, 0.1) is 5.41 Å². The van der Waals surface area contributed by atoms with E-state index < -0.39 is 0 Å². The lowest BCUT2D eigenvalue weighted by Crippen LogP contribution is -2.30. The van der Waals surface area contributed by atoms with Crippen LogP contribution in [0.1, 0.15) is 52.6 Å².